The number of carbonyl (C=O) groups is 2. The first-order chi connectivity index (χ1) is 10.7. The Balaban J connectivity index is 0.00000529. The Morgan fingerprint density at radius 3 is 2.33 bits per heavy atom. The normalized spacial score (nSPS) is 11.9. The molecule has 0 heterocycles. The summed E-state index contributed by atoms with van der Waals surface area (Å²) in [6.45, 7) is 0.336. The highest BCUT2D eigenvalue weighted by molar-refractivity contribution is 7.81. The van der Waals surface area contributed by atoms with Crippen LogP contribution < -0.4 is 15.2 Å². The van der Waals surface area contributed by atoms with Crippen molar-refractivity contribution in [3.05, 3.63) is 29.8 Å². The summed E-state index contributed by atoms with van der Waals surface area (Å²) in [4.78, 5) is 22.3. The fraction of sp³-hybridized carbons (Fsp3) is 0.385. The summed E-state index contributed by atoms with van der Waals surface area (Å²) in [5, 5.41) is 11.2. The Kier molecular flexibility index (Phi) is 9.26. The number of halogens is 2. The number of hydrogen-bond donors (Lipinski definition) is 3. The molecular formula is C13H18ClFN2O6S. The van der Waals surface area contributed by atoms with Crippen molar-refractivity contribution in [3.8, 4) is 5.75 Å². The number of aliphatic carboxylic acids is 1. The van der Waals surface area contributed by atoms with E-state index in [2.05, 4.69) is 9.50 Å². The van der Waals surface area contributed by atoms with Crippen LogP contribution in [0.1, 0.15) is 29.6 Å². The SMILES string of the molecule is Cl.N[C@@H](CCCCNC(=O)c1ccc(OS(=O)(=O)F)cc1)C(=O)O. The van der Waals surface area contributed by atoms with Crippen molar-refractivity contribution in [1.29, 1.82) is 0 Å². The molecule has 0 aromatic heterocycles. The molecule has 0 saturated heterocycles. The van der Waals surface area contributed by atoms with Gasteiger partial charge >= 0.3 is 16.5 Å². The smallest absolute Gasteiger partial charge is 0.480 e. The maximum atomic E-state index is 12.3. The molecule has 0 radical (unpaired) electrons. The molecule has 0 fully saturated rings. The van der Waals surface area contributed by atoms with Crippen LogP contribution in [0.25, 0.3) is 0 Å². The summed E-state index contributed by atoms with van der Waals surface area (Å²) >= 11 is 0. The number of hydrogen-bond acceptors (Lipinski definition) is 6. The highest BCUT2D eigenvalue weighted by Crippen LogP contribution is 2.15. The molecule has 0 unspecified atom stereocenters. The van der Waals surface area contributed by atoms with Gasteiger partial charge in [-0.1, -0.05) is 3.89 Å². The molecule has 1 aromatic carbocycles. The molecule has 1 amide bonds. The van der Waals surface area contributed by atoms with Crippen molar-refractivity contribution in [3.63, 3.8) is 0 Å². The molecule has 8 nitrogen and oxygen atoms in total. The summed E-state index contributed by atoms with van der Waals surface area (Å²) < 4.78 is 36.9. The summed E-state index contributed by atoms with van der Waals surface area (Å²) in [6, 6.07) is 3.97. The Labute approximate surface area is 145 Å². The first kappa shape index (κ1) is 22.1. The average molecular weight is 385 g/mol. The van der Waals surface area contributed by atoms with Gasteiger partial charge in [0.2, 0.25) is 0 Å². The second-order valence-corrected chi connectivity index (χ2v) is 5.65. The molecule has 1 aromatic rings. The van der Waals surface area contributed by atoms with Crippen LogP contribution in [0.5, 0.6) is 5.75 Å². The molecule has 0 aliphatic rings. The molecule has 0 bridgehead atoms. The third-order valence-electron chi connectivity index (χ3n) is 2.86. The number of unbranched alkanes of at least 4 members (excludes halogenated alkanes) is 1. The predicted octanol–water partition coefficient (Wildman–Crippen LogP) is 1.01. The lowest BCUT2D eigenvalue weighted by atomic mass is 10.1. The van der Waals surface area contributed by atoms with E-state index in [4.69, 9.17) is 10.8 Å². The second kappa shape index (κ2) is 10.1. The number of rotatable bonds is 9. The van der Waals surface area contributed by atoms with E-state index in [1.807, 2.05) is 0 Å². The highest BCUT2D eigenvalue weighted by Gasteiger charge is 2.12. The number of nitrogens with two attached hydrogens (primary N) is 1. The first-order valence-electron chi connectivity index (χ1n) is 6.70. The van der Waals surface area contributed by atoms with Gasteiger partial charge in [0.1, 0.15) is 11.8 Å². The first-order valence-corrected chi connectivity index (χ1v) is 8.00. The van der Waals surface area contributed by atoms with E-state index in [1.54, 1.807) is 0 Å². The largest absolute Gasteiger partial charge is 0.488 e. The van der Waals surface area contributed by atoms with Gasteiger partial charge in [-0.25, -0.2) is 0 Å². The van der Waals surface area contributed by atoms with Gasteiger partial charge < -0.3 is 20.3 Å². The van der Waals surface area contributed by atoms with Crippen molar-refractivity contribution in [2.75, 3.05) is 6.54 Å². The lowest BCUT2D eigenvalue weighted by Gasteiger charge is -2.07. The zero-order chi connectivity index (χ0) is 17.5. The topological polar surface area (TPSA) is 136 Å². The van der Waals surface area contributed by atoms with Crippen molar-refractivity contribution >= 4 is 34.8 Å². The summed E-state index contributed by atoms with van der Waals surface area (Å²) in [5.74, 6) is -1.71. The molecular weight excluding hydrogens is 367 g/mol. The number of carboxylic acids is 1. The lowest BCUT2D eigenvalue weighted by Crippen LogP contribution is -2.30. The van der Waals surface area contributed by atoms with Crippen LogP contribution in [-0.2, 0) is 15.3 Å². The third kappa shape index (κ3) is 8.65. The number of nitrogens with one attached hydrogen (secondary N) is 1. The monoisotopic (exact) mass is 384 g/mol. The van der Waals surface area contributed by atoms with Crippen LogP contribution in [0, 0.1) is 0 Å². The zero-order valence-corrected chi connectivity index (χ0v) is 14.1. The van der Waals surface area contributed by atoms with Gasteiger partial charge in [0.05, 0.1) is 0 Å². The maximum Gasteiger partial charge on any atom is 0.488 e. The van der Waals surface area contributed by atoms with Gasteiger partial charge in [-0.05, 0) is 43.5 Å². The van der Waals surface area contributed by atoms with Crippen LogP contribution in [-0.4, -0.2) is 38.0 Å². The molecule has 136 valence electrons. The fourth-order valence-corrected chi connectivity index (χ4v) is 2.03. The van der Waals surface area contributed by atoms with Gasteiger partial charge in [-0.2, -0.15) is 8.42 Å². The van der Waals surface area contributed by atoms with Crippen molar-refractivity contribution in [1.82, 2.24) is 5.32 Å². The molecule has 11 heteroatoms. The number of carbonyl (C=O) groups excluding carboxylic acids is 1. The van der Waals surface area contributed by atoms with E-state index in [0.29, 0.717) is 25.8 Å². The van der Waals surface area contributed by atoms with E-state index >= 15 is 0 Å². The van der Waals surface area contributed by atoms with Crippen LogP contribution >= 0.6 is 12.4 Å². The molecule has 0 saturated carbocycles. The van der Waals surface area contributed by atoms with E-state index in [-0.39, 0.29) is 23.7 Å². The fourth-order valence-electron chi connectivity index (χ4n) is 1.69. The Morgan fingerprint density at radius 2 is 1.83 bits per heavy atom. The number of amides is 1. The van der Waals surface area contributed by atoms with Gasteiger partial charge in [-0.15, -0.1) is 12.4 Å². The summed E-state index contributed by atoms with van der Waals surface area (Å²) in [6.07, 6.45) is 1.43. The molecule has 0 spiro atoms. The molecule has 1 atom stereocenters. The summed E-state index contributed by atoms with van der Waals surface area (Å²) in [7, 11) is -5.10. The quantitative estimate of drug-likeness (QED) is 0.427. The standard InChI is InChI=1S/C13H17FN2O6S.ClH/c14-23(20,21)22-10-6-4-9(5-7-10)12(17)16-8-2-1-3-11(15)13(18)19;/h4-7,11H,1-3,8,15H2,(H,16,17)(H,18,19);1H/t11-;/m0./s1. The second-order valence-electron chi connectivity index (χ2n) is 4.70. The van der Waals surface area contributed by atoms with Crippen molar-refractivity contribution < 1.29 is 31.2 Å². The van der Waals surface area contributed by atoms with Crippen molar-refractivity contribution in [2.45, 2.75) is 25.3 Å². The molecule has 4 N–H and O–H groups in total. The van der Waals surface area contributed by atoms with E-state index in [1.165, 1.54) is 12.1 Å². The summed E-state index contributed by atoms with van der Waals surface area (Å²) in [5.41, 5.74) is 5.59. The minimum absolute atomic E-state index is 0. The Hall–Kier alpha value is -1.91. The molecule has 24 heavy (non-hydrogen) atoms. The number of carboxylic acid groups (broad SMARTS) is 1. The Morgan fingerprint density at radius 1 is 1.25 bits per heavy atom. The molecule has 0 aliphatic heterocycles. The van der Waals surface area contributed by atoms with E-state index in [0.717, 1.165) is 12.1 Å². The lowest BCUT2D eigenvalue weighted by molar-refractivity contribution is -0.138. The minimum atomic E-state index is -5.10. The van der Waals surface area contributed by atoms with Crippen LogP contribution in [0.4, 0.5) is 3.89 Å². The average Bonchev–Trinajstić information content (AvgIpc) is 2.45. The van der Waals surface area contributed by atoms with Crippen LogP contribution in [0.3, 0.4) is 0 Å². The predicted molar refractivity (Wildman–Crippen MR) is 86.1 cm³/mol. The van der Waals surface area contributed by atoms with Crippen LogP contribution in [0.2, 0.25) is 0 Å². The van der Waals surface area contributed by atoms with E-state index < -0.39 is 28.4 Å². The molecule has 0 aliphatic carbocycles. The zero-order valence-electron chi connectivity index (χ0n) is 12.5. The number of benzene rings is 1. The van der Waals surface area contributed by atoms with Crippen molar-refractivity contribution in [2.24, 2.45) is 5.73 Å². The van der Waals surface area contributed by atoms with Crippen LogP contribution in [0.15, 0.2) is 24.3 Å². The van der Waals surface area contributed by atoms with Gasteiger partial charge in [0.25, 0.3) is 5.91 Å². The van der Waals surface area contributed by atoms with E-state index in [9.17, 15) is 21.9 Å². The van der Waals surface area contributed by atoms with Gasteiger partial charge in [0.15, 0.2) is 0 Å². The van der Waals surface area contributed by atoms with Gasteiger partial charge in [0, 0.05) is 12.1 Å². The third-order valence-corrected chi connectivity index (χ3v) is 3.25. The maximum absolute atomic E-state index is 12.3. The minimum Gasteiger partial charge on any atom is -0.480 e. The van der Waals surface area contributed by atoms with Gasteiger partial charge in [-0.3, -0.25) is 9.59 Å². The highest BCUT2D eigenvalue weighted by atomic mass is 35.5. The molecule has 1 rings (SSSR count). The Bertz CT molecular complexity index is 653.